The fraction of sp³-hybridized carbons (Fsp3) is 0.308. The first kappa shape index (κ1) is 22.3. The summed E-state index contributed by atoms with van der Waals surface area (Å²) < 4.78 is 7.51. The molecule has 0 radical (unpaired) electrons. The Kier molecular flexibility index (Phi) is 7.65. The predicted molar refractivity (Wildman–Crippen MR) is 123 cm³/mol. The lowest BCUT2D eigenvalue weighted by molar-refractivity contribution is -0.132. The highest BCUT2D eigenvalue weighted by molar-refractivity contribution is 5.92. The highest BCUT2D eigenvalue weighted by Crippen LogP contribution is 2.22. The molecule has 0 aliphatic rings. The Bertz CT molecular complexity index is 1050. The van der Waals surface area contributed by atoms with Crippen molar-refractivity contribution in [2.45, 2.75) is 46.1 Å². The van der Waals surface area contributed by atoms with E-state index in [2.05, 4.69) is 22.5 Å². The van der Waals surface area contributed by atoms with Gasteiger partial charge in [0, 0.05) is 25.0 Å². The van der Waals surface area contributed by atoms with E-state index in [1.54, 1.807) is 19.4 Å². The van der Waals surface area contributed by atoms with Gasteiger partial charge in [0.2, 0.25) is 0 Å². The molecule has 0 amide bonds. The molecule has 0 unspecified atom stereocenters. The summed E-state index contributed by atoms with van der Waals surface area (Å²) in [5.74, 6) is 0.926. The molecule has 1 N–H and O–H groups in total. The van der Waals surface area contributed by atoms with E-state index in [4.69, 9.17) is 4.74 Å². The second-order valence-electron chi connectivity index (χ2n) is 7.73. The largest absolute Gasteiger partial charge is 0.496 e. The molecule has 0 saturated carbocycles. The van der Waals surface area contributed by atoms with Crippen molar-refractivity contribution in [1.82, 2.24) is 9.55 Å². The molecule has 31 heavy (non-hydrogen) atoms. The van der Waals surface area contributed by atoms with Gasteiger partial charge in [0.15, 0.2) is 0 Å². The molecule has 0 saturated heterocycles. The number of hydrogen-bond acceptors (Lipinski definition) is 3. The summed E-state index contributed by atoms with van der Waals surface area (Å²) in [7, 11) is 1.67. The molecule has 5 heteroatoms. The number of aromatic nitrogens is 2. The number of rotatable bonds is 10. The van der Waals surface area contributed by atoms with Gasteiger partial charge in [0.05, 0.1) is 19.0 Å². The summed E-state index contributed by atoms with van der Waals surface area (Å²) in [6.07, 6.45) is 6.89. The molecular weight excluding hydrogens is 388 g/mol. The van der Waals surface area contributed by atoms with Gasteiger partial charge in [-0.15, -0.1) is 0 Å². The van der Waals surface area contributed by atoms with Crippen molar-refractivity contribution in [3.8, 4) is 5.75 Å². The Labute approximate surface area is 184 Å². The molecule has 0 aliphatic heterocycles. The first-order valence-corrected chi connectivity index (χ1v) is 10.7. The van der Waals surface area contributed by atoms with E-state index >= 15 is 0 Å². The van der Waals surface area contributed by atoms with Gasteiger partial charge in [0.1, 0.15) is 11.6 Å². The number of carbonyl (C=O) groups is 1. The highest BCUT2D eigenvalue weighted by Gasteiger charge is 2.14. The van der Waals surface area contributed by atoms with Crippen molar-refractivity contribution < 1.29 is 14.6 Å². The first-order valence-electron chi connectivity index (χ1n) is 10.7. The number of benzene rings is 2. The van der Waals surface area contributed by atoms with Gasteiger partial charge in [0.25, 0.3) is 0 Å². The lowest BCUT2D eigenvalue weighted by Gasteiger charge is -2.13. The minimum absolute atomic E-state index is 0.348. The molecule has 5 nitrogen and oxygen atoms in total. The van der Waals surface area contributed by atoms with Gasteiger partial charge in [-0.3, -0.25) is 0 Å². The number of aliphatic carboxylic acids is 1. The fourth-order valence-corrected chi connectivity index (χ4v) is 3.67. The molecule has 162 valence electrons. The van der Waals surface area contributed by atoms with E-state index < -0.39 is 5.97 Å². The van der Waals surface area contributed by atoms with Crippen molar-refractivity contribution in [3.05, 3.63) is 88.5 Å². The Morgan fingerprint density at radius 1 is 1.16 bits per heavy atom. The molecule has 0 bridgehead atoms. The van der Waals surface area contributed by atoms with Crippen LogP contribution in [0.25, 0.3) is 6.08 Å². The SMILES string of the molecule is CCCCc1ncc(/C=C(\Cc2ccccc2)C(=O)O)n1Cc1ccc(OC)c(C)c1. The average molecular weight is 419 g/mol. The number of unbranched alkanes of at least 4 members (excludes halogenated alkanes) is 1. The smallest absolute Gasteiger partial charge is 0.331 e. The predicted octanol–water partition coefficient (Wildman–Crippen LogP) is 5.30. The molecule has 0 fully saturated rings. The molecule has 1 aromatic heterocycles. The van der Waals surface area contributed by atoms with E-state index in [9.17, 15) is 9.90 Å². The Morgan fingerprint density at radius 3 is 2.58 bits per heavy atom. The second-order valence-corrected chi connectivity index (χ2v) is 7.73. The van der Waals surface area contributed by atoms with Crippen LogP contribution in [-0.4, -0.2) is 27.7 Å². The van der Waals surface area contributed by atoms with E-state index in [1.807, 2.05) is 49.4 Å². The number of nitrogens with zero attached hydrogens (tertiary/aromatic N) is 2. The third-order valence-corrected chi connectivity index (χ3v) is 5.36. The maximum Gasteiger partial charge on any atom is 0.331 e. The monoisotopic (exact) mass is 418 g/mol. The summed E-state index contributed by atoms with van der Waals surface area (Å²) in [6.45, 7) is 4.81. The topological polar surface area (TPSA) is 64.3 Å². The van der Waals surface area contributed by atoms with Crippen LogP contribution < -0.4 is 4.74 Å². The quantitative estimate of drug-likeness (QED) is 0.454. The van der Waals surface area contributed by atoms with Crippen LogP contribution in [0.2, 0.25) is 0 Å². The van der Waals surface area contributed by atoms with E-state index in [0.717, 1.165) is 53.2 Å². The fourth-order valence-electron chi connectivity index (χ4n) is 3.67. The van der Waals surface area contributed by atoms with Crippen LogP contribution in [0.4, 0.5) is 0 Å². The van der Waals surface area contributed by atoms with Gasteiger partial charge in [-0.1, -0.05) is 55.8 Å². The van der Waals surface area contributed by atoms with Crippen molar-refractivity contribution in [2.24, 2.45) is 0 Å². The van der Waals surface area contributed by atoms with Crippen molar-refractivity contribution in [3.63, 3.8) is 0 Å². The number of ether oxygens (including phenoxy) is 1. The van der Waals surface area contributed by atoms with Crippen molar-refractivity contribution >= 4 is 12.0 Å². The van der Waals surface area contributed by atoms with Crippen LogP contribution >= 0.6 is 0 Å². The number of hydrogen-bond donors (Lipinski definition) is 1. The molecular formula is C26H30N2O3. The number of carboxylic acids is 1. The summed E-state index contributed by atoms with van der Waals surface area (Å²) in [4.78, 5) is 16.6. The third kappa shape index (κ3) is 5.85. The average Bonchev–Trinajstić information content (AvgIpc) is 3.13. The number of carboxylic acid groups (broad SMARTS) is 1. The Balaban J connectivity index is 1.97. The van der Waals surface area contributed by atoms with Gasteiger partial charge in [-0.05, 0) is 42.2 Å². The molecule has 3 aromatic rings. The molecule has 0 atom stereocenters. The van der Waals surface area contributed by atoms with Gasteiger partial charge >= 0.3 is 5.97 Å². The summed E-state index contributed by atoms with van der Waals surface area (Å²) in [5, 5.41) is 9.81. The highest BCUT2D eigenvalue weighted by atomic mass is 16.5. The van der Waals surface area contributed by atoms with Crippen LogP contribution in [0.3, 0.4) is 0 Å². The second kappa shape index (κ2) is 10.6. The summed E-state index contributed by atoms with van der Waals surface area (Å²) >= 11 is 0. The van der Waals surface area contributed by atoms with E-state index in [0.29, 0.717) is 18.5 Å². The van der Waals surface area contributed by atoms with Gasteiger partial charge in [-0.2, -0.15) is 0 Å². The summed E-state index contributed by atoms with van der Waals surface area (Å²) in [5.41, 5.74) is 4.33. The first-order chi connectivity index (χ1) is 15.0. The van der Waals surface area contributed by atoms with E-state index in [1.165, 1.54) is 0 Å². The third-order valence-electron chi connectivity index (χ3n) is 5.36. The molecule has 1 heterocycles. The minimum Gasteiger partial charge on any atom is -0.496 e. The normalized spacial score (nSPS) is 11.5. The molecule has 2 aromatic carbocycles. The summed E-state index contributed by atoms with van der Waals surface area (Å²) in [6, 6.07) is 15.8. The zero-order valence-corrected chi connectivity index (χ0v) is 18.5. The number of imidazole rings is 1. The zero-order valence-electron chi connectivity index (χ0n) is 18.5. The maximum atomic E-state index is 12.0. The van der Waals surface area contributed by atoms with Crippen molar-refractivity contribution in [2.75, 3.05) is 7.11 Å². The Morgan fingerprint density at radius 2 is 1.94 bits per heavy atom. The standard InChI is InChI=1S/C26H30N2O3/c1-4-5-11-25-27-17-23(16-22(26(29)30)15-20-9-7-6-8-10-20)28(25)18-21-12-13-24(31-3)19(2)14-21/h6-10,12-14,16-17H,4-5,11,15,18H2,1-3H3,(H,29,30)/b22-16+. The van der Waals surface area contributed by atoms with Gasteiger partial charge < -0.3 is 14.4 Å². The zero-order chi connectivity index (χ0) is 22.2. The molecule has 0 spiro atoms. The van der Waals surface area contributed by atoms with Crippen LogP contribution in [-0.2, 0) is 24.2 Å². The van der Waals surface area contributed by atoms with Crippen LogP contribution in [0, 0.1) is 6.92 Å². The lowest BCUT2D eigenvalue weighted by atomic mass is 10.0. The van der Waals surface area contributed by atoms with Gasteiger partial charge in [-0.25, -0.2) is 9.78 Å². The number of aryl methyl sites for hydroxylation is 2. The number of methoxy groups -OCH3 is 1. The molecule has 0 aliphatic carbocycles. The van der Waals surface area contributed by atoms with Crippen LogP contribution in [0.1, 0.15) is 48.0 Å². The maximum absolute atomic E-state index is 12.0. The lowest BCUT2D eigenvalue weighted by Crippen LogP contribution is -2.09. The van der Waals surface area contributed by atoms with Crippen molar-refractivity contribution in [1.29, 1.82) is 0 Å². The minimum atomic E-state index is -0.910. The van der Waals surface area contributed by atoms with E-state index in [-0.39, 0.29) is 0 Å². The van der Waals surface area contributed by atoms with Crippen LogP contribution in [0.5, 0.6) is 5.75 Å². The van der Waals surface area contributed by atoms with Crippen LogP contribution in [0.15, 0.2) is 60.3 Å². The Hall–Kier alpha value is -3.34. The molecule has 3 rings (SSSR count).